The van der Waals surface area contributed by atoms with E-state index >= 15 is 0 Å². The van der Waals surface area contributed by atoms with E-state index in [4.69, 9.17) is 4.74 Å². The van der Waals surface area contributed by atoms with Gasteiger partial charge in [0.2, 0.25) is 5.91 Å². The van der Waals surface area contributed by atoms with Gasteiger partial charge in [-0.05, 0) is 19.1 Å². The zero-order valence-corrected chi connectivity index (χ0v) is 16.1. The van der Waals surface area contributed by atoms with Crippen molar-refractivity contribution < 1.29 is 51.0 Å². The molecule has 1 radical (unpaired) electrons. The van der Waals surface area contributed by atoms with Crippen LogP contribution in [0.5, 0.6) is 5.75 Å². The average molecular weight is 393 g/mol. The first-order valence-corrected chi connectivity index (χ1v) is 6.86. The van der Waals surface area contributed by atoms with Crippen molar-refractivity contribution in [3.8, 4) is 17.6 Å². The fourth-order valence-corrected chi connectivity index (χ4v) is 2.20. The summed E-state index contributed by atoms with van der Waals surface area (Å²) in [5.74, 6) is 3.30. The number of carbonyl (C=O) groups is 1. The number of rotatable bonds is 3. The predicted molar refractivity (Wildman–Crippen MR) is 78.5 cm³/mol. The van der Waals surface area contributed by atoms with Crippen LogP contribution < -0.4 is 4.74 Å². The van der Waals surface area contributed by atoms with E-state index in [0.29, 0.717) is 6.42 Å². The maximum atomic E-state index is 14.2. The molecule has 0 spiro atoms. The van der Waals surface area contributed by atoms with Crippen LogP contribution in [0.25, 0.3) is 5.70 Å². The molecule has 1 heterocycles. The molecule has 0 saturated carbocycles. The van der Waals surface area contributed by atoms with Gasteiger partial charge < -0.3 is 9.64 Å². The molecule has 1 atom stereocenters. The molecule has 0 bridgehead atoms. The molecule has 1 unspecified atom stereocenters. The van der Waals surface area contributed by atoms with Gasteiger partial charge in [-0.2, -0.15) is 0 Å². The zero-order valence-electron chi connectivity index (χ0n) is 13.2. The SMILES string of the molecule is CC#CCOc1cc(F)c(C2=[C-]CC(C)C(=O)N2C)c(F)c1.[Y]. The molecule has 6 heteroatoms. The third kappa shape index (κ3) is 4.39. The van der Waals surface area contributed by atoms with Crippen molar-refractivity contribution >= 4 is 11.6 Å². The summed E-state index contributed by atoms with van der Waals surface area (Å²) in [6.07, 6.45) is 3.23. The summed E-state index contributed by atoms with van der Waals surface area (Å²) in [7, 11) is 1.49. The molecule has 1 amide bonds. The minimum Gasteiger partial charge on any atom is -0.481 e. The first-order chi connectivity index (χ1) is 10.5. The van der Waals surface area contributed by atoms with Crippen LogP contribution in [0.4, 0.5) is 8.78 Å². The summed E-state index contributed by atoms with van der Waals surface area (Å²) < 4.78 is 33.6. The predicted octanol–water partition coefficient (Wildman–Crippen LogP) is 3.01. The number of halogens is 2. The van der Waals surface area contributed by atoms with Crippen molar-refractivity contribution in [2.75, 3.05) is 13.7 Å². The summed E-state index contributed by atoms with van der Waals surface area (Å²) in [6.45, 7) is 3.45. The number of allylic oxidation sites excluding steroid dienone is 1. The van der Waals surface area contributed by atoms with Crippen molar-refractivity contribution in [2.24, 2.45) is 5.92 Å². The summed E-state index contributed by atoms with van der Waals surface area (Å²) >= 11 is 0. The van der Waals surface area contributed by atoms with E-state index in [1.165, 1.54) is 11.9 Å². The van der Waals surface area contributed by atoms with E-state index in [1.54, 1.807) is 13.8 Å². The molecule has 0 aliphatic carbocycles. The Morgan fingerprint density at radius 2 is 2.00 bits per heavy atom. The van der Waals surface area contributed by atoms with Gasteiger partial charge in [-0.15, -0.1) is 11.6 Å². The van der Waals surface area contributed by atoms with Crippen molar-refractivity contribution in [2.45, 2.75) is 20.3 Å². The topological polar surface area (TPSA) is 29.5 Å². The summed E-state index contributed by atoms with van der Waals surface area (Å²) in [5, 5.41) is 0. The Balaban J connectivity index is 0.00000264. The monoisotopic (exact) mass is 393 g/mol. The van der Waals surface area contributed by atoms with Gasteiger partial charge in [0.05, 0.1) is 11.6 Å². The van der Waals surface area contributed by atoms with Crippen LogP contribution in [0.3, 0.4) is 0 Å². The molecule has 0 N–H and O–H groups in total. The van der Waals surface area contributed by atoms with Crippen molar-refractivity contribution in [3.05, 3.63) is 35.4 Å². The molecule has 1 aromatic rings. The molecule has 1 aliphatic heterocycles. The van der Waals surface area contributed by atoms with E-state index in [-0.39, 0.29) is 68.2 Å². The molecule has 1 aromatic carbocycles. The van der Waals surface area contributed by atoms with Crippen molar-refractivity contribution in [1.29, 1.82) is 0 Å². The third-order valence-corrected chi connectivity index (χ3v) is 3.40. The molecule has 0 fully saturated rings. The van der Waals surface area contributed by atoms with Crippen LogP contribution in [-0.2, 0) is 37.5 Å². The maximum Gasteiger partial charge on any atom is 0.225 e. The van der Waals surface area contributed by atoms with E-state index in [9.17, 15) is 13.6 Å². The van der Waals surface area contributed by atoms with E-state index in [1.807, 2.05) is 0 Å². The Labute approximate surface area is 159 Å². The van der Waals surface area contributed by atoms with Crippen LogP contribution in [-0.4, -0.2) is 24.5 Å². The maximum absolute atomic E-state index is 14.2. The molecule has 23 heavy (non-hydrogen) atoms. The van der Waals surface area contributed by atoms with E-state index in [2.05, 4.69) is 17.9 Å². The van der Waals surface area contributed by atoms with Crippen LogP contribution in [0.15, 0.2) is 12.1 Å². The molecule has 119 valence electrons. The molecule has 2 rings (SSSR count). The minimum absolute atomic E-state index is 0. The number of hydrogen-bond acceptors (Lipinski definition) is 2. The van der Waals surface area contributed by atoms with Crippen LogP contribution in [0.2, 0.25) is 0 Å². The third-order valence-electron chi connectivity index (χ3n) is 3.40. The van der Waals surface area contributed by atoms with Gasteiger partial charge in [0.1, 0.15) is 12.4 Å². The zero-order chi connectivity index (χ0) is 16.3. The molecular formula is C17H16F2NO2Y-. The van der Waals surface area contributed by atoms with Gasteiger partial charge >= 0.3 is 0 Å². The van der Waals surface area contributed by atoms with E-state index in [0.717, 1.165) is 12.1 Å². The minimum atomic E-state index is -0.795. The summed E-state index contributed by atoms with van der Waals surface area (Å²) in [5.41, 5.74) is -0.144. The van der Waals surface area contributed by atoms with Gasteiger partial charge in [0.15, 0.2) is 0 Å². The van der Waals surface area contributed by atoms with Gasteiger partial charge in [0.25, 0.3) is 0 Å². The number of benzene rings is 1. The number of nitrogens with zero attached hydrogens (tertiary/aromatic N) is 1. The number of hydrogen-bond donors (Lipinski definition) is 0. The second-order valence-corrected chi connectivity index (χ2v) is 5.01. The Kier molecular flexibility index (Phi) is 7.37. The molecule has 3 nitrogen and oxygen atoms in total. The largest absolute Gasteiger partial charge is 0.481 e. The standard InChI is InChI=1S/C17H16F2NO2.Y/c1-4-5-8-22-12-9-13(18)16(14(19)10-12)15-7-6-11(2)17(21)20(15)3;/h9-11H,6,8H2,1-3H3;/q-1;. The van der Waals surface area contributed by atoms with Gasteiger partial charge in [0, 0.05) is 45.7 Å². The Morgan fingerprint density at radius 1 is 1.39 bits per heavy atom. The van der Waals surface area contributed by atoms with Gasteiger partial charge in [-0.1, -0.05) is 24.8 Å². The fraction of sp³-hybridized carbons (Fsp3) is 0.353. The van der Waals surface area contributed by atoms with Crippen LogP contribution >= 0.6 is 0 Å². The van der Waals surface area contributed by atoms with Gasteiger partial charge in [-0.3, -0.25) is 4.79 Å². The quantitative estimate of drug-likeness (QED) is 0.584. The molecule has 0 aromatic heterocycles. The second kappa shape index (κ2) is 8.56. The van der Waals surface area contributed by atoms with Crippen LogP contribution in [0.1, 0.15) is 25.8 Å². The normalized spacial score (nSPS) is 16.9. The first kappa shape index (κ1) is 19.8. The second-order valence-electron chi connectivity index (χ2n) is 5.01. The Morgan fingerprint density at radius 3 is 2.57 bits per heavy atom. The smallest absolute Gasteiger partial charge is 0.225 e. The molecule has 0 saturated heterocycles. The Bertz CT molecular complexity index is 669. The number of ether oxygens (including phenoxy) is 1. The average Bonchev–Trinajstić information content (AvgIpc) is 2.47. The molecule has 1 aliphatic rings. The Hall–Kier alpha value is -1.25. The van der Waals surface area contributed by atoms with E-state index < -0.39 is 11.6 Å². The van der Waals surface area contributed by atoms with Crippen LogP contribution in [0, 0.1) is 35.5 Å². The van der Waals surface area contributed by atoms with Crippen molar-refractivity contribution in [1.82, 2.24) is 4.90 Å². The van der Waals surface area contributed by atoms with Crippen molar-refractivity contribution in [3.63, 3.8) is 0 Å². The summed E-state index contributed by atoms with van der Waals surface area (Å²) in [4.78, 5) is 13.2. The fourth-order valence-electron chi connectivity index (χ4n) is 2.20. The number of amides is 1. The first-order valence-electron chi connectivity index (χ1n) is 6.86. The number of carbonyl (C=O) groups excluding carboxylic acids is 1. The van der Waals surface area contributed by atoms with Gasteiger partial charge in [-0.25, -0.2) is 14.9 Å². The molecular weight excluding hydrogens is 377 g/mol. The summed E-state index contributed by atoms with van der Waals surface area (Å²) in [6, 6.07) is 2.17.